The van der Waals surface area contributed by atoms with Crippen LogP contribution < -0.4 is 4.90 Å². The van der Waals surface area contributed by atoms with Crippen LogP contribution in [0.5, 0.6) is 0 Å². The average Bonchev–Trinajstić information content (AvgIpc) is 2.57. The predicted octanol–water partition coefficient (Wildman–Crippen LogP) is 3.03. The van der Waals surface area contributed by atoms with Gasteiger partial charge >= 0.3 is 0 Å². The molecule has 3 rings (SSSR count). The van der Waals surface area contributed by atoms with Gasteiger partial charge in [-0.1, -0.05) is 36.8 Å². The number of para-hydroxylation sites is 1. The van der Waals surface area contributed by atoms with Crippen LogP contribution in [-0.2, 0) is 10.2 Å². The van der Waals surface area contributed by atoms with Crippen LogP contribution in [0, 0.1) is 0 Å². The maximum absolute atomic E-state index is 12.6. The largest absolute Gasteiger partial charge is 0.314 e. The van der Waals surface area contributed by atoms with Gasteiger partial charge in [-0.15, -0.1) is 0 Å². The number of carbonyl (C=O) groups excluding carboxylic acids is 1. The summed E-state index contributed by atoms with van der Waals surface area (Å²) in [7, 11) is 1.87. The molecule has 1 spiro atoms. The molecule has 0 bridgehead atoms. The molecule has 0 saturated heterocycles. The molecule has 1 aliphatic carbocycles. The molecule has 1 heterocycles. The maximum atomic E-state index is 12.6. The Bertz CT molecular complexity index is 505. The summed E-state index contributed by atoms with van der Waals surface area (Å²) in [6.45, 7) is 4.19. The summed E-state index contributed by atoms with van der Waals surface area (Å²) in [5.41, 5.74) is 2.91. The molecule has 0 N–H and O–H groups in total. The first-order valence-corrected chi connectivity index (χ1v) is 6.24. The molecule has 0 radical (unpaired) electrons. The Kier molecular flexibility index (Phi) is 2.15. The third kappa shape index (κ3) is 1.18. The van der Waals surface area contributed by atoms with Gasteiger partial charge in [-0.3, -0.25) is 4.79 Å². The molecular formula is C15H17NO. The Labute approximate surface area is 102 Å². The fourth-order valence-corrected chi connectivity index (χ4v) is 3.34. The summed E-state index contributed by atoms with van der Waals surface area (Å²) >= 11 is 0. The van der Waals surface area contributed by atoms with Gasteiger partial charge < -0.3 is 4.90 Å². The summed E-state index contributed by atoms with van der Waals surface area (Å²) in [5.74, 6) is 0.211. The lowest BCUT2D eigenvalue weighted by Crippen LogP contribution is -2.41. The summed E-state index contributed by atoms with van der Waals surface area (Å²) in [4.78, 5) is 14.4. The van der Waals surface area contributed by atoms with Crippen molar-refractivity contribution in [1.29, 1.82) is 0 Å². The van der Waals surface area contributed by atoms with Gasteiger partial charge in [-0.05, 0) is 30.9 Å². The average molecular weight is 227 g/mol. The molecule has 1 saturated carbocycles. The lowest BCUT2D eigenvalue weighted by Gasteiger charge is -2.34. The number of fused-ring (bicyclic) bond motifs is 2. The Balaban J connectivity index is 2.23. The molecule has 2 nitrogen and oxygen atoms in total. The van der Waals surface area contributed by atoms with Crippen molar-refractivity contribution in [3.63, 3.8) is 0 Å². The van der Waals surface area contributed by atoms with Crippen molar-refractivity contribution in [2.75, 3.05) is 11.9 Å². The molecule has 1 amide bonds. The Hall–Kier alpha value is -1.57. The van der Waals surface area contributed by atoms with Crippen molar-refractivity contribution in [3.05, 3.63) is 42.0 Å². The van der Waals surface area contributed by atoms with Crippen molar-refractivity contribution < 1.29 is 4.79 Å². The summed E-state index contributed by atoms with van der Waals surface area (Å²) in [6.07, 6.45) is 4.19. The monoisotopic (exact) mass is 227 g/mol. The Morgan fingerprint density at radius 3 is 2.82 bits per heavy atom. The highest BCUT2D eigenvalue weighted by Gasteiger charge is 2.51. The van der Waals surface area contributed by atoms with Crippen LogP contribution in [0.15, 0.2) is 36.4 Å². The minimum atomic E-state index is -0.413. The minimum Gasteiger partial charge on any atom is -0.314 e. The lowest BCUT2D eigenvalue weighted by atomic mass is 9.67. The van der Waals surface area contributed by atoms with E-state index in [1.165, 1.54) is 6.42 Å². The number of amides is 1. The van der Waals surface area contributed by atoms with E-state index in [1.54, 1.807) is 4.90 Å². The number of anilines is 1. The van der Waals surface area contributed by atoms with E-state index in [0.717, 1.165) is 36.1 Å². The molecule has 1 aromatic rings. The van der Waals surface area contributed by atoms with Gasteiger partial charge in [-0.25, -0.2) is 0 Å². The molecule has 0 aromatic heterocycles. The topological polar surface area (TPSA) is 20.3 Å². The van der Waals surface area contributed by atoms with E-state index in [-0.39, 0.29) is 5.91 Å². The minimum absolute atomic E-state index is 0.211. The third-order valence-corrected chi connectivity index (χ3v) is 4.28. The van der Waals surface area contributed by atoms with E-state index in [9.17, 15) is 4.79 Å². The zero-order chi connectivity index (χ0) is 12.0. The predicted molar refractivity (Wildman–Crippen MR) is 69.1 cm³/mol. The van der Waals surface area contributed by atoms with Gasteiger partial charge in [-0.2, -0.15) is 0 Å². The van der Waals surface area contributed by atoms with E-state index < -0.39 is 5.41 Å². The molecule has 17 heavy (non-hydrogen) atoms. The number of benzene rings is 1. The van der Waals surface area contributed by atoms with E-state index in [4.69, 9.17) is 0 Å². The van der Waals surface area contributed by atoms with E-state index in [1.807, 2.05) is 25.2 Å². The fourth-order valence-electron chi connectivity index (χ4n) is 3.34. The van der Waals surface area contributed by atoms with Crippen LogP contribution in [-0.4, -0.2) is 13.0 Å². The zero-order valence-electron chi connectivity index (χ0n) is 10.2. The normalized spacial score (nSPS) is 27.7. The highest BCUT2D eigenvalue weighted by molar-refractivity contribution is 6.10. The smallest absolute Gasteiger partial charge is 0.241 e. The summed E-state index contributed by atoms with van der Waals surface area (Å²) < 4.78 is 0. The molecule has 1 fully saturated rings. The van der Waals surface area contributed by atoms with Crippen LogP contribution in [0.25, 0.3) is 0 Å². The van der Waals surface area contributed by atoms with Gasteiger partial charge in [0, 0.05) is 12.7 Å². The van der Waals surface area contributed by atoms with Crippen molar-refractivity contribution in [2.45, 2.75) is 31.1 Å². The maximum Gasteiger partial charge on any atom is 0.241 e. The molecule has 88 valence electrons. The van der Waals surface area contributed by atoms with Crippen LogP contribution in [0.4, 0.5) is 5.69 Å². The molecule has 1 aromatic carbocycles. The number of hydrogen-bond donors (Lipinski definition) is 0. The Morgan fingerprint density at radius 2 is 2.06 bits per heavy atom. The van der Waals surface area contributed by atoms with Crippen LogP contribution >= 0.6 is 0 Å². The number of carbonyl (C=O) groups is 1. The van der Waals surface area contributed by atoms with Crippen LogP contribution in [0.3, 0.4) is 0 Å². The fraction of sp³-hybridized carbons (Fsp3) is 0.400. The van der Waals surface area contributed by atoms with Crippen LogP contribution in [0.1, 0.15) is 31.2 Å². The highest BCUT2D eigenvalue weighted by Crippen LogP contribution is 2.51. The van der Waals surface area contributed by atoms with Gasteiger partial charge in [0.25, 0.3) is 0 Å². The SMILES string of the molecule is C=C1CCCCC12C(=O)N(C)c1ccccc12. The first-order valence-electron chi connectivity index (χ1n) is 6.24. The molecule has 1 aliphatic heterocycles. The number of rotatable bonds is 0. The second-order valence-corrected chi connectivity index (χ2v) is 5.10. The summed E-state index contributed by atoms with van der Waals surface area (Å²) in [6, 6.07) is 8.14. The number of nitrogens with zero attached hydrogens (tertiary/aromatic N) is 1. The first-order chi connectivity index (χ1) is 8.18. The van der Waals surface area contributed by atoms with Gasteiger partial charge in [0.1, 0.15) is 0 Å². The van der Waals surface area contributed by atoms with E-state index >= 15 is 0 Å². The lowest BCUT2D eigenvalue weighted by molar-refractivity contribution is -0.122. The summed E-state index contributed by atoms with van der Waals surface area (Å²) in [5, 5.41) is 0. The molecule has 2 heteroatoms. The van der Waals surface area contributed by atoms with Crippen molar-refractivity contribution in [2.24, 2.45) is 0 Å². The second kappa shape index (κ2) is 3.46. The highest BCUT2D eigenvalue weighted by atomic mass is 16.2. The van der Waals surface area contributed by atoms with Gasteiger partial charge in [0.15, 0.2) is 0 Å². The van der Waals surface area contributed by atoms with Crippen molar-refractivity contribution >= 4 is 11.6 Å². The van der Waals surface area contributed by atoms with Crippen molar-refractivity contribution in [1.82, 2.24) is 0 Å². The second-order valence-electron chi connectivity index (χ2n) is 5.10. The quantitative estimate of drug-likeness (QED) is 0.624. The third-order valence-electron chi connectivity index (χ3n) is 4.28. The van der Waals surface area contributed by atoms with Crippen LogP contribution in [0.2, 0.25) is 0 Å². The molecule has 2 aliphatic rings. The van der Waals surface area contributed by atoms with Crippen molar-refractivity contribution in [3.8, 4) is 0 Å². The van der Waals surface area contributed by atoms with Gasteiger partial charge in [0.2, 0.25) is 5.91 Å². The van der Waals surface area contributed by atoms with E-state index in [2.05, 4.69) is 12.6 Å². The van der Waals surface area contributed by atoms with E-state index in [0.29, 0.717) is 0 Å². The van der Waals surface area contributed by atoms with Gasteiger partial charge in [0.05, 0.1) is 5.41 Å². The molecular weight excluding hydrogens is 210 g/mol. The molecule has 1 unspecified atom stereocenters. The Morgan fingerprint density at radius 1 is 1.29 bits per heavy atom. The first kappa shape index (κ1) is 10.6. The number of likely N-dealkylation sites (N-methyl/N-ethyl adjacent to an activating group) is 1. The zero-order valence-corrected chi connectivity index (χ0v) is 10.2. The molecule has 1 atom stereocenters. The standard InChI is InChI=1S/C15H17NO/c1-11-7-5-6-10-15(11)12-8-3-4-9-13(12)16(2)14(15)17/h3-4,8-9H,1,5-7,10H2,2H3. The number of hydrogen-bond acceptors (Lipinski definition) is 1.